The van der Waals surface area contributed by atoms with E-state index in [1.165, 1.54) is 22.3 Å². The molecule has 0 aromatic heterocycles. The van der Waals surface area contributed by atoms with Gasteiger partial charge in [-0.1, -0.05) is 121 Å². The fraction of sp³-hybridized carbons (Fsp3) is 0.133. The van der Waals surface area contributed by atoms with Gasteiger partial charge in [0.05, 0.1) is 6.04 Å². The summed E-state index contributed by atoms with van der Waals surface area (Å²) in [6.07, 6.45) is 0. The number of benzene rings is 4. The van der Waals surface area contributed by atoms with Crippen LogP contribution in [0.1, 0.15) is 33.9 Å². The van der Waals surface area contributed by atoms with E-state index in [-0.39, 0.29) is 6.04 Å². The number of hydrogen-bond acceptors (Lipinski definition) is 1. The fourth-order valence-corrected chi connectivity index (χ4v) is 3.68. The molecule has 0 aliphatic heterocycles. The SMILES string of the molecule is Cc1ccc(C(C#Cc2ccccc2)N(Cc2ccccc2)Cc2ccccc2)cc1. The molecule has 4 aromatic carbocycles. The molecule has 4 rings (SSSR count). The first-order chi connectivity index (χ1) is 15.3. The Hall–Kier alpha value is -3.60. The standard InChI is InChI=1S/C30H27N/c1-25-17-20-29(21-18-25)30(22-19-26-11-5-2-6-12-26)31(23-27-13-7-3-8-14-27)24-28-15-9-4-10-16-28/h2-18,20-21,30H,23-24H2,1H3. The lowest BCUT2D eigenvalue weighted by Crippen LogP contribution is -2.27. The van der Waals surface area contributed by atoms with Gasteiger partial charge in [-0.15, -0.1) is 0 Å². The number of nitrogens with zero attached hydrogens (tertiary/aromatic N) is 1. The van der Waals surface area contributed by atoms with Crippen LogP contribution in [0.5, 0.6) is 0 Å². The van der Waals surface area contributed by atoms with Crippen LogP contribution < -0.4 is 0 Å². The van der Waals surface area contributed by atoms with Crippen molar-refractivity contribution in [2.75, 3.05) is 0 Å². The molecule has 0 saturated heterocycles. The van der Waals surface area contributed by atoms with Crippen molar-refractivity contribution in [3.63, 3.8) is 0 Å². The van der Waals surface area contributed by atoms with Gasteiger partial charge < -0.3 is 0 Å². The minimum Gasteiger partial charge on any atom is -0.277 e. The van der Waals surface area contributed by atoms with Gasteiger partial charge in [-0.25, -0.2) is 0 Å². The Labute approximate surface area is 186 Å². The minimum absolute atomic E-state index is 0.0128. The van der Waals surface area contributed by atoms with E-state index in [0.29, 0.717) is 0 Å². The lowest BCUT2D eigenvalue weighted by atomic mass is 10.0. The predicted molar refractivity (Wildman–Crippen MR) is 129 cm³/mol. The normalized spacial score (nSPS) is 11.5. The molecule has 152 valence electrons. The van der Waals surface area contributed by atoms with Crippen molar-refractivity contribution >= 4 is 0 Å². The molecule has 0 heterocycles. The lowest BCUT2D eigenvalue weighted by molar-refractivity contribution is 0.219. The molecule has 0 fully saturated rings. The summed E-state index contributed by atoms with van der Waals surface area (Å²) in [4.78, 5) is 2.46. The Balaban J connectivity index is 1.74. The second-order valence-corrected chi connectivity index (χ2v) is 7.82. The highest BCUT2D eigenvalue weighted by Gasteiger charge is 2.19. The van der Waals surface area contributed by atoms with E-state index in [1.54, 1.807) is 0 Å². The Morgan fingerprint density at radius 2 is 1.10 bits per heavy atom. The summed E-state index contributed by atoms with van der Waals surface area (Å²) in [6, 6.07) is 40.3. The average Bonchev–Trinajstić information content (AvgIpc) is 2.82. The number of rotatable bonds is 6. The maximum atomic E-state index is 3.59. The van der Waals surface area contributed by atoms with Crippen molar-refractivity contribution in [1.82, 2.24) is 4.90 Å². The van der Waals surface area contributed by atoms with Crippen LogP contribution in [-0.4, -0.2) is 4.90 Å². The Kier molecular flexibility index (Phi) is 6.96. The number of aryl methyl sites for hydroxylation is 1. The molecule has 0 aliphatic rings. The van der Waals surface area contributed by atoms with Crippen LogP contribution in [-0.2, 0) is 13.1 Å². The van der Waals surface area contributed by atoms with Crippen LogP contribution in [0.25, 0.3) is 0 Å². The molecule has 0 aliphatic carbocycles. The number of hydrogen-bond donors (Lipinski definition) is 0. The van der Waals surface area contributed by atoms with Crippen LogP contribution in [0.2, 0.25) is 0 Å². The molecule has 1 unspecified atom stereocenters. The molecular formula is C30H27N. The summed E-state index contributed by atoms with van der Waals surface area (Å²) in [7, 11) is 0. The van der Waals surface area contributed by atoms with E-state index in [4.69, 9.17) is 0 Å². The van der Waals surface area contributed by atoms with Gasteiger partial charge in [0, 0.05) is 18.7 Å². The lowest BCUT2D eigenvalue weighted by Gasteiger charge is -2.29. The smallest absolute Gasteiger partial charge is 0.0980 e. The van der Waals surface area contributed by atoms with Gasteiger partial charge >= 0.3 is 0 Å². The Bertz CT molecular complexity index is 1080. The highest BCUT2D eigenvalue weighted by Crippen LogP contribution is 2.25. The summed E-state index contributed by atoms with van der Waals surface area (Å²) in [6.45, 7) is 3.79. The summed E-state index contributed by atoms with van der Waals surface area (Å²) in [5.41, 5.74) is 6.10. The van der Waals surface area contributed by atoms with Crippen molar-refractivity contribution in [1.29, 1.82) is 0 Å². The molecule has 0 saturated carbocycles. The zero-order chi connectivity index (χ0) is 21.3. The molecule has 0 N–H and O–H groups in total. The van der Waals surface area contributed by atoms with Crippen molar-refractivity contribution in [3.8, 4) is 11.8 Å². The fourth-order valence-electron chi connectivity index (χ4n) is 3.68. The van der Waals surface area contributed by atoms with Gasteiger partial charge in [0.1, 0.15) is 0 Å². The summed E-state index contributed by atoms with van der Waals surface area (Å²) in [5.74, 6) is 7.01. The van der Waals surface area contributed by atoms with Crippen molar-refractivity contribution < 1.29 is 0 Å². The highest BCUT2D eigenvalue weighted by atomic mass is 15.1. The maximum absolute atomic E-state index is 3.59. The average molecular weight is 402 g/mol. The minimum atomic E-state index is -0.0128. The quantitative estimate of drug-likeness (QED) is 0.322. The summed E-state index contributed by atoms with van der Waals surface area (Å²) < 4.78 is 0. The van der Waals surface area contributed by atoms with Crippen molar-refractivity contribution in [2.24, 2.45) is 0 Å². The molecular weight excluding hydrogens is 374 g/mol. The van der Waals surface area contributed by atoms with Gasteiger partial charge in [0.15, 0.2) is 0 Å². The third kappa shape index (κ3) is 5.95. The molecule has 0 spiro atoms. The van der Waals surface area contributed by atoms with E-state index >= 15 is 0 Å². The Morgan fingerprint density at radius 3 is 1.61 bits per heavy atom. The predicted octanol–water partition coefficient (Wildman–Crippen LogP) is 6.79. The van der Waals surface area contributed by atoms with Crippen molar-refractivity contribution in [3.05, 3.63) is 143 Å². The van der Waals surface area contributed by atoms with Gasteiger partial charge in [-0.2, -0.15) is 0 Å². The van der Waals surface area contributed by atoms with Crippen LogP contribution in [0.15, 0.2) is 115 Å². The van der Waals surface area contributed by atoms with E-state index in [2.05, 4.69) is 121 Å². The van der Waals surface area contributed by atoms with Crippen LogP contribution in [0.4, 0.5) is 0 Å². The van der Waals surface area contributed by atoms with Gasteiger partial charge in [0.25, 0.3) is 0 Å². The second-order valence-electron chi connectivity index (χ2n) is 7.82. The zero-order valence-electron chi connectivity index (χ0n) is 17.9. The first kappa shape index (κ1) is 20.7. The zero-order valence-corrected chi connectivity index (χ0v) is 17.9. The van der Waals surface area contributed by atoms with E-state index < -0.39 is 0 Å². The van der Waals surface area contributed by atoms with E-state index in [1.807, 2.05) is 18.2 Å². The van der Waals surface area contributed by atoms with Gasteiger partial charge in [0.2, 0.25) is 0 Å². The topological polar surface area (TPSA) is 3.24 Å². The summed E-state index contributed by atoms with van der Waals surface area (Å²) in [5, 5.41) is 0. The van der Waals surface area contributed by atoms with Gasteiger partial charge in [-0.05, 0) is 35.7 Å². The molecule has 0 radical (unpaired) electrons. The van der Waals surface area contributed by atoms with Crippen LogP contribution in [0.3, 0.4) is 0 Å². The third-order valence-corrected chi connectivity index (χ3v) is 5.34. The third-order valence-electron chi connectivity index (χ3n) is 5.34. The first-order valence-electron chi connectivity index (χ1n) is 10.7. The monoisotopic (exact) mass is 401 g/mol. The molecule has 0 bridgehead atoms. The van der Waals surface area contributed by atoms with Crippen LogP contribution in [0, 0.1) is 18.8 Å². The Morgan fingerprint density at radius 1 is 0.613 bits per heavy atom. The first-order valence-corrected chi connectivity index (χ1v) is 10.7. The summed E-state index contributed by atoms with van der Waals surface area (Å²) >= 11 is 0. The highest BCUT2D eigenvalue weighted by molar-refractivity contribution is 5.38. The van der Waals surface area contributed by atoms with Gasteiger partial charge in [-0.3, -0.25) is 4.90 Å². The molecule has 31 heavy (non-hydrogen) atoms. The van der Waals surface area contributed by atoms with E-state index in [0.717, 1.165) is 18.7 Å². The van der Waals surface area contributed by atoms with E-state index in [9.17, 15) is 0 Å². The molecule has 1 atom stereocenters. The molecule has 1 nitrogen and oxygen atoms in total. The maximum Gasteiger partial charge on any atom is 0.0980 e. The second kappa shape index (κ2) is 10.4. The molecule has 0 amide bonds. The molecule has 4 aromatic rings. The largest absolute Gasteiger partial charge is 0.277 e. The van der Waals surface area contributed by atoms with Crippen LogP contribution >= 0.6 is 0 Å². The molecule has 1 heteroatoms. The van der Waals surface area contributed by atoms with Crippen molar-refractivity contribution in [2.45, 2.75) is 26.1 Å².